The number of carboxylic acid groups (broad SMARTS) is 2. The molecule has 0 radical (unpaired) electrons. The van der Waals surface area contributed by atoms with E-state index in [9.17, 15) is 9.59 Å². The lowest BCUT2D eigenvalue weighted by Gasteiger charge is -2.05. The molecule has 1 fully saturated rings. The third-order valence-electron chi connectivity index (χ3n) is 2.40. The van der Waals surface area contributed by atoms with E-state index in [1.807, 2.05) is 0 Å². The number of rotatable bonds is 3. The van der Waals surface area contributed by atoms with Gasteiger partial charge in [-0.25, -0.2) is 0 Å². The van der Waals surface area contributed by atoms with Crippen LogP contribution in [0.15, 0.2) is 0 Å². The quantitative estimate of drug-likeness (QED) is 0.760. The van der Waals surface area contributed by atoms with E-state index in [2.05, 4.69) is 0 Å². The van der Waals surface area contributed by atoms with Gasteiger partial charge in [0.1, 0.15) is 0 Å². The molecule has 1 unspecified atom stereocenters. The molecule has 1 aliphatic rings. The Morgan fingerprint density at radius 2 is 1.33 bits per heavy atom. The van der Waals surface area contributed by atoms with Crippen molar-refractivity contribution in [2.45, 2.75) is 51.9 Å². The van der Waals surface area contributed by atoms with Gasteiger partial charge in [-0.15, -0.1) is 0 Å². The van der Waals surface area contributed by atoms with Crippen LogP contribution in [0, 0.1) is 5.92 Å². The average molecular weight is 216 g/mol. The molecule has 1 atom stereocenters. The highest BCUT2D eigenvalue weighted by Gasteiger charge is 2.13. The molecule has 0 bridgehead atoms. The molecule has 0 spiro atoms. The smallest absolute Gasteiger partial charge is 0.306 e. The summed E-state index contributed by atoms with van der Waals surface area (Å²) in [5.74, 6) is -2.94. The lowest BCUT2D eigenvalue weighted by Crippen LogP contribution is -2.13. The maximum atomic E-state index is 9.97. The van der Waals surface area contributed by atoms with Crippen molar-refractivity contribution in [2.24, 2.45) is 5.92 Å². The Morgan fingerprint density at radius 1 is 1.00 bits per heavy atom. The van der Waals surface area contributed by atoms with E-state index in [1.54, 1.807) is 0 Å². The van der Waals surface area contributed by atoms with Crippen LogP contribution in [0.3, 0.4) is 0 Å². The van der Waals surface area contributed by atoms with Crippen molar-refractivity contribution in [1.82, 2.24) is 0 Å². The van der Waals surface area contributed by atoms with Gasteiger partial charge >= 0.3 is 11.9 Å². The van der Waals surface area contributed by atoms with Crippen LogP contribution < -0.4 is 0 Å². The van der Waals surface area contributed by atoms with Gasteiger partial charge in [-0.1, -0.05) is 45.4 Å². The SMILES string of the molecule is C1CCCCC1.CC(CC(=O)O)C(=O)O. The summed E-state index contributed by atoms with van der Waals surface area (Å²) in [5.41, 5.74) is 0. The van der Waals surface area contributed by atoms with Gasteiger partial charge in [0.05, 0.1) is 12.3 Å². The Bertz CT molecular complexity index is 185. The zero-order chi connectivity index (χ0) is 11.7. The van der Waals surface area contributed by atoms with E-state index in [0.717, 1.165) is 0 Å². The van der Waals surface area contributed by atoms with E-state index in [4.69, 9.17) is 10.2 Å². The molecule has 88 valence electrons. The summed E-state index contributed by atoms with van der Waals surface area (Å²) in [6.45, 7) is 1.36. The van der Waals surface area contributed by atoms with Crippen LogP contribution >= 0.6 is 0 Å². The van der Waals surface area contributed by atoms with Crippen LogP contribution in [0.5, 0.6) is 0 Å². The van der Waals surface area contributed by atoms with E-state index in [1.165, 1.54) is 45.4 Å². The van der Waals surface area contributed by atoms with Gasteiger partial charge in [-0.05, 0) is 0 Å². The first-order valence-electron chi connectivity index (χ1n) is 5.48. The lowest BCUT2D eigenvalue weighted by atomic mass is 10.0. The van der Waals surface area contributed by atoms with E-state index >= 15 is 0 Å². The molecule has 0 saturated heterocycles. The van der Waals surface area contributed by atoms with Gasteiger partial charge < -0.3 is 10.2 Å². The summed E-state index contributed by atoms with van der Waals surface area (Å²) >= 11 is 0. The van der Waals surface area contributed by atoms with Crippen LogP contribution in [0.1, 0.15) is 51.9 Å². The minimum atomic E-state index is -1.08. The van der Waals surface area contributed by atoms with Crippen LogP contribution in [-0.2, 0) is 9.59 Å². The monoisotopic (exact) mass is 216 g/mol. The fourth-order valence-electron chi connectivity index (χ4n) is 1.41. The highest BCUT2D eigenvalue weighted by Crippen LogP contribution is 2.15. The summed E-state index contributed by atoms with van der Waals surface area (Å²) in [7, 11) is 0. The number of carboxylic acids is 2. The fraction of sp³-hybridized carbons (Fsp3) is 0.818. The van der Waals surface area contributed by atoms with Crippen molar-refractivity contribution in [3.05, 3.63) is 0 Å². The van der Waals surface area contributed by atoms with Crippen LogP contribution in [-0.4, -0.2) is 22.2 Å². The molecule has 0 aromatic carbocycles. The van der Waals surface area contributed by atoms with Gasteiger partial charge in [-0.3, -0.25) is 9.59 Å². The predicted molar refractivity (Wildman–Crippen MR) is 56.8 cm³/mol. The van der Waals surface area contributed by atoms with Crippen molar-refractivity contribution >= 4 is 11.9 Å². The highest BCUT2D eigenvalue weighted by atomic mass is 16.4. The second-order valence-corrected chi connectivity index (χ2v) is 3.96. The van der Waals surface area contributed by atoms with Gasteiger partial charge in [0.15, 0.2) is 0 Å². The molecule has 4 heteroatoms. The highest BCUT2D eigenvalue weighted by molar-refractivity contribution is 5.77. The molecule has 4 nitrogen and oxygen atoms in total. The maximum absolute atomic E-state index is 9.97. The van der Waals surface area contributed by atoms with Crippen LogP contribution in [0.4, 0.5) is 0 Å². The zero-order valence-corrected chi connectivity index (χ0v) is 9.24. The third-order valence-corrected chi connectivity index (χ3v) is 2.40. The molecule has 0 aromatic rings. The molecule has 2 N–H and O–H groups in total. The van der Waals surface area contributed by atoms with Crippen molar-refractivity contribution < 1.29 is 19.8 Å². The summed E-state index contributed by atoms with van der Waals surface area (Å²) in [4.78, 5) is 19.8. The van der Waals surface area contributed by atoms with E-state index in [0.29, 0.717) is 0 Å². The normalized spacial score (nSPS) is 17.1. The first-order chi connectivity index (χ1) is 7.04. The second-order valence-electron chi connectivity index (χ2n) is 3.96. The topological polar surface area (TPSA) is 74.6 Å². The maximum Gasteiger partial charge on any atom is 0.306 e. The first kappa shape index (κ1) is 13.9. The predicted octanol–water partition coefficient (Wildman–Crippen LogP) is 2.52. The lowest BCUT2D eigenvalue weighted by molar-refractivity contribution is -0.147. The van der Waals surface area contributed by atoms with Gasteiger partial charge in [0.2, 0.25) is 0 Å². The minimum Gasteiger partial charge on any atom is -0.481 e. The van der Waals surface area contributed by atoms with Crippen molar-refractivity contribution in [3.8, 4) is 0 Å². The summed E-state index contributed by atoms with van der Waals surface area (Å²) in [6.07, 6.45) is 8.69. The molecular formula is C11H20O4. The average Bonchev–Trinajstić information content (AvgIpc) is 2.20. The Kier molecular flexibility index (Phi) is 7.68. The van der Waals surface area contributed by atoms with Crippen LogP contribution in [0.2, 0.25) is 0 Å². The summed E-state index contributed by atoms with van der Waals surface area (Å²) in [6, 6.07) is 0. The standard InChI is InChI=1S/C6H12.C5H8O4/c1-2-4-6-5-3-1;1-3(5(8)9)2-4(6)7/h1-6H2;3H,2H2,1H3,(H,6,7)(H,8,9). The Hall–Kier alpha value is -1.06. The molecular weight excluding hydrogens is 196 g/mol. The van der Waals surface area contributed by atoms with E-state index in [-0.39, 0.29) is 6.42 Å². The molecule has 1 rings (SSSR count). The van der Waals surface area contributed by atoms with Crippen molar-refractivity contribution in [1.29, 1.82) is 0 Å². The molecule has 0 aliphatic heterocycles. The molecule has 15 heavy (non-hydrogen) atoms. The minimum absolute atomic E-state index is 0.310. The van der Waals surface area contributed by atoms with E-state index < -0.39 is 17.9 Å². The molecule has 1 saturated carbocycles. The fourth-order valence-corrected chi connectivity index (χ4v) is 1.41. The van der Waals surface area contributed by atoms with Gasteiger partial charge in [0, 0.05) is 0 Å². The largest absolute Gasteiger partial charge is 0.481 e. The van der Waals surface area contributed by atoms with Gasteiger partial charge in [0.25, 0.3) is 0 Å². The molecule has 0 amide bonds. The van der Waals surface area contributed by atoms with Crippen molar-refractivity contribution in [2.75, 3.05) is 0 Å². The van der Waals surface area contributed by atoms with Gasteiger partial charge in [-0.2, -0.15) is 0 Å². The second kappa shape index (κ2) is 8.26. The molecule has 1 aliphatic carbocycles. The third kappa shape index (κ3) is 9.25. The summed E-state index contributed by atoms with van der Waals surface area (Å²) in [5, 5.41) is 16.2. The number of aliphatic carboxylic acids is 2. The Morgan fingerprint density at radius 3 is 1.47 bits per heavy atom. The molecule has 0 heterocycles. The Balaban J connectivity index is 0.000000280. The number of hydrogen-bond donors (Lipinski definition) is 2. The number of carbonyl (C=O) groups is 2. The number of hydrogen-bond acceptors (Lipinski definition) is 2. The molecule has 0 aromatic heterocycles. The van der Waals surface area contributed by atoms with Crippen LogP contribution in [0.25, 0.3) is 0 Å². The zero-order valence-electron chi connectivity index (χ0n) is 9.24. The first-order valence-corrected chi connectivity index (χ1v) is 5.48. The van der Waals surface area contributed by atoms with Crippen molar-refractivity contribution in [3.63, 3.8) is 0 Å². The summed E-state index contributed by atoms with van der Waals surface area (Å²) < 4.78 is 0. The Labute approximate surface area is 90.3 Å².